The Morgan fingerprint density at radius 2 is 1.55 bits per heavy atom. The predicted molar refractivity (Wildman–Crippen MR) is 107 cm³/mol. The normalized spacial score (nSPS) is 10.1. The summed E-state index contributed by atoms with van der Waals surface area (Å²) in [7, 11) is 2.93. The highest BCUT2D eigenvalue weighted by atomic mass is 16.5. The van der Waals surface area contributed by atoms with Crippen LogP contribution in [0.1, 0.15) is 26.3 Å². The van der Waals surface area contributed by atoms with Crippen molar-refractivity contribution >= 4 is 23.5 Å². The number of hydrogen-bond acceptors (Lipinski definition) is 7. The van der Waals surface area contributed by atoms with E-state index < -0.39 is 5.97 Å². The number of hydrogen-bond donors (Lipinski definition) is 2. The van der Waals surface area contributed by atoms with Crippen molar-refractivity contribution in [3.8, 4) is 5.75 Å². The Bertz CT molecular complexity index is 971. The molecule has 1 heterocycles. The monoisotopic (exact) mass is 392 g/mol. The lowest BCUT2D eigenvalue weighted by Gasteiger charge is -2.08. The van der Waals surface area contributed by atoms with Gasteiger partial charge in [-0.05, 0) is 42.0 Å². The van der Waals surface area contributed by atoms with Crippen LogP contribution in [0.4, 0.5) is 11.6 Å². The maximum absolute atomic E-state index is 12.3. The number of amides is 1. The number of benzene rings is 2. The molecular weight excluding hydrogens is 372 g/mol. The molecule has 0 saturated heterocycles. The number of aromatic nitrogens is 2. The Balaban J connectivity index is 1.56. The lowest BCUT2D eigenvalue weighted by atomic mass is 10.2. The molecule has 2 N–H and O–H groups in total. The van der Waals surface area contributed by atoms with Crippen LogP contribution in [-0.2, 0) is 11.3 Å². The van der Waals surface area contributed by atoms with Crippen LogP contribution >= 0.6 is 0 Å². The summed E-state index contributed by atoms with van der Waals surface area (Å²) in [5.74, 6) is 0.423. The fraction of sp³-hybridized carbons (Fsp3) is 0.143. The third kappa shape index (κ3) is 5.29. The second kappa shape index (κ2) is 9.32. The quantitative estimate of drug-likeness (QED) is 0.596. The number of nitrogens with zero attached hydrogens (tertiary/aromatic N) is 2. The van der Waals surface area contributed by atoms with Gasteiger partial charge in [0.25, 0.3) is 5.91 Å². The fourth-order valence-corrected chi connectivity index (χ4v) is 2.47. The molecule has 0 atom stereocenters. The molecule has 2 aromatic carbocycles. The largest absolute Gasteiger partial charge is 0.497 e. The fourth-order valence-electron chi connectivity index (χ4n) is 2.47. The predicted octanol–water partition coefficient (Wildman–Crippen LogP) is 2.95. The first kappa shape index (κ1) is 19.8. The number of anilines is 2. The molecule has 29 heavy (non-hydrogen) atoms. The smallest absolute Gasteiger partial charge is 0.337 e. The van der Waals surface area contributed by atoms with E-state index in [4.69, 9.17) is 4.74 Å². The Morgan fingerprint density at radius 1 is 0.897 bits per heavy atom. The Morgan fingerprint density at radius 3 is 2.14 bits per heavy atom. The van der Waals surface area contributed by atoms with Crippen molar-refractivity contribution in [1.29, 1.82) is 0 Å². The highest BCUT2D eigenvalue weighted by Crippen LogP contribution is 2.15. The van der Waals surface area contributed by atoms with Gasteiger partial charge < -0.3 is 20.1 Å². The molecule has 8 nitrogen and oxygen atoms in total. The summed E-state index contributed by atoms with van der Waals surface area (Å²) in [5, 5.41) is 5.83. The lowest BCUT2D eigenvalue weighted by Crippen LogP contribution is -2.23. The zero-order valence-electron chi connectivity index (χ0n) is 16.0. The third-order valence-electron chi connectivity index (χ3n) is 4.09. The molecule has 0 saturated carbocycles. The molecule has 0 bridgehead atoms. The van der Waals surface area contributed by atoms with Gasteiger partial charge in [0, 0.05) is 24.6 Å². The van der Waals surface area contributed by atoms with Crippen LogP contribution in [0.3, 0.4) is 0 Å². The average molecular weight is 392 g/mol. The zero-order valence-corrected chi connectivity index (χ0v) is 16.0. The van der Waals surface area contributed by atoms with Crippen LogP contribution in [0, 0.1) is 0 Å². The van der Waals surface area contributed by atoms with Gasteiger partial charge in [-0.15, -0.1) is 0 Å². The molecule has 0 radical (unpaired) electrons. The molecule has 0 aliphatic rings. The van der Waals surface area contributed by atoms with E-state index in [9.17, 15) is 9.59 Å². The van der Waals surface area contributed by atoms with Crippen molar-refractivity contribution in [2.75, 3.05) is 19.5 Å². The molecule has 0 spiro atoms. The van der Waals surface area contributed by atoms with Crippen molar-refractivity contribution in [2.24, 2.45) is 0 Å². The van der Waals surface area contributed by atoms with E-state index in [0.717, 1.165) is 11.3 Å². The first-order chi connectivity index (χ1) is 14.1. The first-order valence-corrected chi connectivity index (χ1v) is 8.77. The molecular formula is C21H20N4O4. The van der Waals surface area contributed by atoms with E-state index in [-0.39, 0.29) is 5.91 Å². The standard InChI is InChI=1S/C21H20N4O4/c1-28-18-9-3-14(4-10-18)11-22-19(26)16-12-23-21(24-13-16)25-17-7-5-15(6-8-17)20(27)29-2/h3-10,12-13H,11H2,1-2H3,(H,22,26)(H,23,24,25). The molecule has 0 unspecified atom stereocenters. The number of nitrogens with one attached hydrogen (secondary N) is 2. The van der Waals surface area contributed by atoms with Gasteiger partial charge in [0.2, 0.25) is 5.95 Å². The minimum absolute atomic E-state index is 0.269. The summed E-state index contributed by atoms with van der Waals surface area (Å²) in [6, 6.07) is 14.1. The van der Waals surface area contributed by atoms with Gasteiger partial charge >= 0.3 is 5.97 Å². The van der Waals surface area contributed by atoms with Crippen molar-refractivity contribution in [1.82, 2.24) is 15.3 Å². The van der Waals surface area contributed by atoms with Gasteiger partial charge in [-0.1, -0.05) is 12.1 Å². The molecule has 0 aliphatic carbocycles. The van der Waals surface area contributed by atoms with Gasteiger partial charge in [0.15, 0.2) is 0 Å². The summed E-state index contributed by atoms with van der Waals surface area (Å²) in [6.07, 6.45) is 2.89. The number of carbonyl (C=O) groups is 2. The Labute approximate surface area is 167 Å². The molecule has 3 aromatic rings. The molecule has 0 aliphatic heterocycles. The lowest BCUT2D eigenvalue weighted by molar-refractivity contribution is 0.0600. The van der Waals surface area contributed by atoms with Gasteiger partial charge in [0.05, 0.1) is 25.3 Å². The summed E-state index contributed by atoms with van der Waals surface area (Å²) in [4.78, 5) is 32.0. The van der Waals surface area contributed by atoms with Crippen LogP contribution in [0.15, 0.2) is 60.9 Å². The van der Waals surface area contributed by atoms with Gasteiger partial charge in [-0.2, -0.15) is 0 Å². The van der Waals surface area contributed by atoms with Crippen LogP contribution in [0.25, 0.3) is 0 Å². The number of ether oxygens (including phenoxy) is 2. The number of carbonyl (C=O) groups excluding carboxylic acids is 2. The number of rotatable bonds is 7. The van der Waals surface area contributed by atoms with Crippen molar-refractivity contribution in [3.05, 3.63) is 77.6 Å². The molecule has 8 heteroatoms. The van der Waals surface area contributed by atoms with Crippen molar-refractivity contribution in [3.63, 3.8) is 0 Å². The van der Waals surface area contributed by atoms with E-state index in [1.165, 1.54) is 19.5 Å². The van der Waals surface area contributed by atoms with E-state index in [1.807, 2.05) is 24.3 Å². The molecule has 1 aromatic heterocycles. The average Bonchev–Trinajstić information content (AvgIpc) is 2.78. The van der Waals surface area contributed by atoms with E-state index in [2.05, 4.69) is 25.3 Å². The van der Waals surface area contributed by atoms with E-state index >= 15 is 0 Å². The SMILES string of the molecule is COC(=O)c1ccc(Nc2ncc(C(=O)NCc3ccc(OC)cc3)cn2)cc1. The second-order valence-corrected chi connectivity index (χ2v) is 6.02. The zero-order chi connectivity index (χ0) is 20.6. The third-order valence-corrected chi connectivity index (χ3v) is 4.09. The van der Waals surface area contributed by atoms with Crippen LogP contribution < -0.4 is 15.4 Å². The van der Waals surface area contributed by atoms with Crippen LogP contribution in [0.5, 0.6) is 5.75 Å². The minimum atomic E-state index is -0.405. The molecule has 0 fully saturated rings. The highest BCUT2D eigenvalue weighted by molar-refractivity contribution is 5.93. The van der Waals surface area contributed by atoms with Crippen LogP contribution in [0.2, 0.25) is 0 Å². The van der Waals surface area contributed by atoms with Crippen molar-refractivity contribution < 1.29 is 19.1 Å². The second-order valence-electron chi connectivity index (χ2n) is 6.02. The number of methoxy groups -OCH3 is 2. The van der Waals surface area contributed by atoms with E-state index in [0.29, 0.717) is 29.3 Å². The summed E-state index contributed by atoms with van der Waals surface area (Å²) in [6.45, 7) is 0.384. The maximum atomic E-state index is 12.3. The minimum Gasteiger partial charge on any atom is -0.497 e. The summed E-state index contributed by atoms with van der Waals surface area (Å²) >= 11 is 0. The van der Waals surface area contributed by atoms with Gasteiger partial charge in [-0.25, -0.2) is 14.8 Å². The van der Waals surface area contributed by atoms with Crippen LogP contribution in [-0.4, -0.2) is 36.1 Å². The van der Waals surface area contributed by atoms with E-state index in [1.54, 1.807) is 31.4 Å². The van der Waals surface area contributed by atoms with Crippen molar-refractivity contribution in [2.45, 2.75) is 6.54 Å². The summed E-state index contributed by atoms with van der Waals surface area (Å²) in [5.41, 5.74) is 2.45. The Hall–Kier alpha value is -3.94. The Kier molecular flexibility index (Phi) is 6.36. The first-order valence-electron chi connectivity index (χ1n) is 8.77. The summed E-state index contributed by atoms with van der Waals surface area (Å²) < 4.78 is 9.77. The topological polar surface area (TPSA) is 102 Å². The van der Waals surface area contributed by atoms with Gasteiger partial charge in [0.1, 0.15) is 5.75 Å². The highest BCUT2D eigenvalue weighted by Gasteiger charge is 2.08. The maximum Gasteiger partial charge on any atom is 0.337 e. The molecule has 148 valence electrons. The molecule has 1 amide bonds. The molecule has 3 rings (SSSR count). The van der Waals surface area contributed by atoms with Gasteiger partial charge in [-0.3, -0.25) is 4.79 Å². The number of esters is 1.